The van der Waals surface area contributed by atoms with Gasteiger partial charge in [0, 0.05) is 95.7 Å². The molecule has 0 aromatic heterocycles. The number of carboxylic acids is 3. The molecule has 0 saturated carbocycles. The molecule has 2 aliphatic carbocycles. The summed E-state index contributed by atoms with van der Waals surface area (Å²) >= 11 is 0. The van der Waals surface area contributed by atoms with Crippen LogP contribution in [0.1, 0.15) is 62.9 Å². The summed E-state index contributed by atoms with van der Waals surface area (Å²) in [5.41, 5.74) is 3.94. The number of benzene rings is 7. The number of hydrogen-bond donors (Lipinski definition) is 6. The van der Waals surface area contributed by atoms with Crippen LogP contribution in [0.5, 0.6) is 5.75 Å². The van der Waals surface area contributed by atoms with Gasteiger partial charge in [-0.05, 0) is 102 Å². The number of phenols is 1. The molecule has 5 aromatic carbocycles. The van der Waals surface area contributed by atoms with Crippen molar-refractivity contribution < 1.29 is 53.2 Å². The summed E-state index contributed by atoms with van der Waals surface area (Å²) in [4.78, 5) is 82.8. The van der Waals surface area contributed by atoms with Crippen molar-refractivity contribution in [2.75, 3.05) is 26.0 Å². The van der Waals surface area contributed by atoms with E-state index in [9.17, 15) is 49.2 Å². The van der Waals surface area contributed by atoms with Crippen molar-refractivity contribution in [3.8, 4) is 50.7 Å². The molecule has 0 fully saturated rings. The van der Waals surface area contributed by atoms with E-state index in [1.807, 2.05) is 49.3 Å². The predicted molar refractivity (Wildman–Crippen MR) is 260 cm³/mol. The van der Waals surface area contributed by atoms with Crippen LogP contribution in [0.4, 0.5) is 5.69 Å². The normalized spacial score (nSPS) is 11.6. The number of carbonyl (C=O) groups excluding carboxylic acids is 2. The maximum absolute atomic E-state index is 13.5. The maximum atomic E-state index is 13.5. The van der Waals surface area contributed by atoms with Crippen molar-refractivity contribution in [1.29, 1.82) is 0 Å². The molecule has 16 heteroatoms. The van der Waals surface area contributed by atoms with Gasteiger partial charge >= 0.3 is 17.9 Å². The topological polar surface area (TPSA) is 249 Å². The first-order chi connectivity index (χ1) is 33.6. The van der Waals surface area contributed by atoms with Gasteiger partial charge in [0.05, 0.1) is 34.2 Å². The highest BCUT2D eigenvalue weighted by Gasteiger charge is 2.27. The van der Waals surface area contributed by atoms with E-state index in [0.29, 0.717) is 60.9 Å². The van der Waals surface area contributed by atoms with Gasteiger partial charge in [-0.25, -0.2) is 14.4 Å². The Hall–Kier alpha value is -9.57. The van der Waals surface area contributed by atoms with Gasteiger partial charge in [-0.15, -0.1) is 0 Å². The van der Waals surface area contributed by atoms with Crippen LogP contribution >= 0.6 is 0 Å². The molecule has 2 amide bonds. The minimum absolute atomic E-state index is 0.0365. The van der Waals surface area contributed by atoms with Crippen LogP contribution in [0.3, 0.4) is 0 Å². The Balaban J connectivity index is 0.945. The number of hydrogen-bond acceptors (Lipinski definition) is 11. The van der Waals surface area contributed by atoms with E-state index in [2.05, 4.69) is 15.6 Å². The molecule has 0 atom stereocenters. The number of rotatable bonds is 12. The highest BCUT2D eigenvalue weighted by atomic mass is 16.4. The maximum Gasteiger partial charge on any atom is 0.336 e. The minimum Gasteiger partial charge on any atom is -0.507 e. The zero-order chi connectivity index (χ0) is 49.5. The lowest BCUT2D eigenvalue weighted by atomic mass is 9.89. The molecule has 0 spiro atoms. The summed E-state index contributed by atoms with van der Waals surface area (Å²) in [6.45, 7) is -0.236. The number of fused-ring (bicyclic) bond motifs is 4. The molecule has 2 heterocycles. The monoisotopic (exact) mass is 936 g/mol. The Morgan fingerprint density at radius 2 is 1.14 bits per heavy atom. The van der Waals surface area contributed by atoms with Gasteiger partial charge in [-0.3, -0.25) is 19.4 Å². The lowest BCUT2D eigenvalue weighted by Gasteiger charge is -2.19. The second-order valence-corrected chi connectivity index (χ2v) is 16.5. The van der Waals surface area contributed by atoms with E-state index >= 15 is 0 Å². The molecule has 348 valence electrons. The molecule has 0 saturated heterocycles. The molecule has 2 aliphatic heterocycles. The number of phenolic OH excluding ortho intramolecular Hbond substituents is 1. The van der Waals surface area contributed by atoms with E-state index in [4.69, 9.17) is 8.83 Å². The number of aromatic hydroxyl groups is 1. The van der Waals surface area contributed by atoms with Crippen molar-refractivity contribution in [2.24, 2.45) is 4.99 Å². The van der Waals surface area contributed by atoms with Crippen LogP contribution < -0.4 is 26.3 Å². The van der Waals surface area contributed by atoms with E-state index in [0.717, 1.165) is 11.8 Å². The molecule has 0 bridgehead atoms. The Labute approximate surface area is 396 Å². The number of nitrogens with zero attached hydrogens (tertiary/aromatic N) is 2. The largest absolute Gasteiger partial charge is 0.507 e. The van der Waals surface area contributed by atoms with Crippen molar-refractivity contribution in [3.63, 3.8) is 0 Å². The molecule has 16 nitrogen and oxygen atoms in total. The molecule has 70 heavy (non-hydrogen) atoms. The van der Waals surface area contributed by atoms with Gasteiger partial charge < -0.3 is 44.8 Å². The third kappa shape index (κ3) is 8.52. The molecule has 0 unspecified atom stereocenters. The van der Waals surface area contributed by atoms with Gasteiger partial charge in [0.1, 0.15) is 28.4 Å². The van der Waals surface area contributed by atoms with Crippen LogP contribution in [0.15, 0.2) is 146 Å². The summed E-state index contributed by atoms with van der Waals surface area (Å²) in [5, 5.41) is 48.5. The molecular weight excluding hydrogens is 897 g/mol. The highest BCUT2D eigenvalue weighted by molar-refractivity contribution is 6.11. The molecule has 6 N–H and O–H groups in total. The summed E-state index contributed by atoms with van der Waals surface area (Å²) in [6, 6.07) is 32.4. The Kier molecular flexibility index (Phi) is 11.9. The van der Waals surface area contributed by atoms with Crippen LogP contribution in [0.2, 0.25) is 0 Å². The summed E-state index contributed by atoms with van der Waals surface area (Å²) in [7, 11) is 5.48. The fraction of sp³-hybridized carbons (Fsp3) is 0.0926. The predicted octanol–water partition coefficient (Wildman–Crippen LogP) is 8.34. The fourth-order valence-corrected chi connectivity index (χ4v) is 8.50. The average Bonchev–Trinajstić information content (AvgIpc) is 3.35. The SMILES string of the molecule is CN=c1ccc2c(-c3ccc(C(=O)NCc4ccc(C(=O)NCc5c(O)ccc6c(-c7ccc(C(=O)O)cc7C(=O)O)c7ccc(=O)cc-7oc56)cc4)cc3C(=O)O)c3ccc(N(C)C)cc3oc-2c1. The second-order valence-electron chi connectivity index (χ2n) is 16.5. The minimum atomic E-state index is -1.40. The lowest BCUT2D eigenvalue weighted by molar-refractivity contribution is 0.0682. The number of carboxylic acid groups (broad SMARTS) is 3. The van der Waals surface area contributed by atoms with Gasteiger partial charge in [0.15, 0.2) is 5.43 Å². The number of amides is 2. The van der Waals surface area contributed by atoms with Crippen LogP contribution in [0, 0.1) is 0 Å². The van der Waals surface area contributed by atoms with Crippen molar-refractivity contribution in [1.82, 2.24) is 10.6 Å². The molecule has 9 rings (SSSR count). The lowest BCUT2D eigenvalue weighted by Crippen LogP contribution is -2.24. The second kappa shape index (κ2) is 18.3. The van der Waals surface area contributed by atoms with Crippen LogP contribution in [0.25, 0.3) is 66.8 Å². The zero-order valence-electron chi connectivity index (χ0n) is 37.5. The Morgan fingerprint density at radius 3 is 1.80 bits per heavy atom. The first-order valence-corrected chi connectivity index (χ1v) is 21.6. The van der Waals surface area contributed by atoms with Gasteiger partial charge in [-0.2, -0.15) is 0 Å². The Bertz CT molecular complexity index is 3720. The number of anilines is 1. The third-order valence-electron chi connectivity index (χ3n) is 12.0. The van der Waals surface area contributed by atoms with Gasteiger partial charge in [0.2, 0.25) is 0 Å². The number of carbonyl (C=O) groups is 5. The van der Waals surface area contributed by atoms with Crippen molar-refractivity contribution in [3.05, 3.63) is 182 Å². The molecule has 0 radical (unpaired) electrons. The first-order valence-electron chi connectivity index (χ1n) is 21.6. The van der Waals surface area contributed by atoms with Gasteiger partial charge in [0.25, 0.3) is 11.8 Å². The summed E-state index contributed by atoms with van der Waals surface area (Å²) in [6.07, 6.45) is 0. The standard InChI is InChI=1S/C54H40N4O12/c1-55-31-10-15-36-44(22-31)69-45-23-32(58(2)3)11-16-37(45)47(36)34-13-8-29(20-40(34)53(65)66)51(62)56-25-27-4-6-28(7-5-27)50(61)57-26-42-43(60)19-18-39-48(38-17-12-33(59)24-46(38)70-49(39)42)35-14-9-30(52(63)64)21-41(35)54(67)68/h4-24,60H,25-26H2,1-3H3,(H,56,62)(H,57,61)(H,63,64)(H,65,66)(H,67,68). The molecule has 4 aliphatic rings. The quantitative estimate of drug-likeness (QED) is 0.0631. The van der Waals surface area contributed by atoms with Gasteiger partial charge in [-0.1, -0.05) is 24.3 Å². The third-order valence-corrected chi connectivity index (χ3v) is 12.0. The van der Waals surface area contributed by atoms with Crippen LogP contribution in [-0.2, 0) is 13.1 Å². The Morgan fingerprint density at radius 1 is 0.571 bits per heavy atom. The van der Waals surface area contributed by atoms with E-state index in [1.54, 1.807) is 37.4 Å². The number of aromatic carboxylic acids is 3. The zero-order valence-corrected chi connectivity index (χ0v) is 37.5. The first kappa shape index (κ1) is 45.6. The summed E-state index contributed by atoms with van der Waals surface area (Å²) in [5.74, 6) is -4.73. The molecular formula is C54H40N4O12. The van der Waals surface area contributed by atoms with E-state index < -0.39 is 35.2 Å². The fourth-order valence-electron chi connectivity index (χ4n) is 8.50. The summed E-state index contributed by atoms with van der Waals surface area (Å²) < 4.78 is 12.5. The molecule has 5 aromatic rings. The van der Waals surface area contributed by atoms with E-state index in [-0.39, 0.29) is 69.1 Å². The average molecular weight is 937 g/mol. The number of nitrogens with one attached hydrogen (secondary N) is 2. The van der Waals surface area contributed by atoms with Crippen molar-refractivity contribution >= 4 is 57.3 Å². The smallest absolute Gasteiger partial charge is 0.336 e. The van der Waals surface area contributed by atoms with Crippen LogP contribution in [-0.4, -0.2) is 71.3 Å². The van der Waals surface area contributed by atoms with Crippen molar-refractivity contribution in [2.45, 2.75) is 13.1 Å². The van der Waals surface area contributed by atoms with E-state index in [1.165, 1.54) is 60.7 Å². The highest BCUT2D eigenvalue weighted by Crippen LogP contribution is 2.45.